The average Bonchev–Trinajstić information content (AvgIpc) is 2.73. The minimum Gasteiger partial charge on any atom is -0.355 e. The van der Waals surface area contributed by atoms with E-state index >= 15 is 0 Å². The molecule has 0 bridgehead atoms. The predicted octanol–water partition coefficient (Wildman–Crippen LogP) is 4.09. The van der Waals surface area contributed by atoms with E-state index in [0.717, 1.165) is 12.5 Å². The molecule has 1 unspecified atom stereocenters. The van der Waals surface area contributed by atoms with E-state index in [-0.39, 0.29) is 0 Å². The molecule has 3 nitrogen and oxygen atoms in total. The Balaban J connectivity index is 2.06. The van der Waals surface area contributed by atoms with Crippen LogP contribution in [-0.4, -0.2) is 16.1 Å². The maximum Gasteiger partial charge on any atom is 0.203 e. The predicted molar refractivity (Wildman–Crippen MR) is 76.8 cm³/mol. The standard InChI is InChI=1S/C15H27N3/c1-12(2)11-17-14-16-8-9-18(14)13-6-5-7-15(3,4)10-13/h8-9,12-13H,5-7,10-11H2,1-4H3,(H,16,17). The maximum atomic E-state index is 4.46. The van der Waals surface area contributed by atoms with Gasteiger partial charge in [0, 0.05) is 25.0 Å². The van der Waals surface area contributed by atoms with Crippen molar-refractivity contribution < 1.29 is 0 Å². The number of hydrogen-bond acceptors (Lipinski definition) is 2. The molecule has 0 aliphatic heterocycles. The highest BCUT2D eigenvalue weighted by molar-refractivity contribution is 5.27. The van der Waals surface area contributed by atoms with Gasteiger partial charge in [-0.3, -0.25) is 0 Å². The lowest BCUT2D eigenvalue weighted by Crippen LogP contribution is -2.26. The van der Waals surface area contributed by atoms with Crippen molar-refractivity contribution in [2.45, 2.75) is 59.4 Å². The van der Waals surface area contributed by atoms with Gasteiger partial charge in [0.15, 0.2) is 0 Å². The van der Waals surface area contributed by atoms with Gasteiger partial charge in [-0.2, -0.15) is 0 Å². The topological polar surface area (TPSA) is 29.9 Å². The van der Waals surface area contributed by atoms with E-state index in [9.17, 15) is 0 Å². The number of nitrogens with zero attached hydrogens (tertiary/aromatic N) is 2. The van der Waals surface area contributed by atoms with Gasteiger partial charge in [-0.25, -0.2) is 4.98 Å². The highest BCUT2D eigenvalue weighted by Gasteiger charge is 2.29. The molecular formula is C15H27N3. The van der Waals surface area contributed by atoms with Crippen molar-refractivity contribution in [1.82, 2.24) is 9.55 Å². The zero-order valence-electron chi connectivity index (χ0n) is 12.2. The van der Waals surface area contributed by atoms with Crippen molar-refractivity contribution in [3.8, 4) is 0 Å². The summed E-state index contributed by atoms with van der Waals surface area (Å²) in [5, 5.41) is 3.47. The van der Waals surface area contributed by atoms with Crippen LogP contribution in [0, 0.1) is 11.3 Å². The molecule has 1 aliphatic rings. The number of anilines is 1. The van der Waals surface area contributed by atoms with Crippen LogP contribution >= 0.6 is 0 Å². The van der Waals surface area contributed by atoms with Gasteiger partial charge < -0.3 is 9.88 Å². The number of nitrogens with one attached hydrogen (secondary N) is 1. The van der Waals surface area contributed by atoms with Crippen LogP contribution in [0.2, 0.25) is 0 Å². The van der Waals surface area contributed by atoms with Crippen LogP contribution in [0.15, 0.2) is 12.4 Å². The molecule has 1 aromatic heterocycles. The summed E-state index contributed by atoms with van der Waals surface area (Å²) in [6.07, 6.45) is 9.29. The molecule has 0 saturated heterocycles. The second-order valence-electron chi connectivity index (χ2n) is 6.85. The minimum atomic E-state index is 0.475. The number of imidazole rings is 1. The Morgan fingerprint density at radius 1 is 1.50 bits per heavy atom. The average molecular weight is 249 g/mol. The summed E-state index contributed by atoms with van der Waals surface area (Å²) >= 11 is 0. The maximum absolute atomic E-state index is 4.46. The molecule has 1 atom stereocenters. The second kappa shape index (κ2) is 5.33. The van der Waals surface area contributed by atoms with E-state index in [1.54, 1.807) is 0 Å². The molecule has 3 heteroatoms. The molecule has 0 aromatic carbocycles. The quantitative estimate of drug-likeness (QED) is 0.871. The van der Waals surface area contributed by atoms with Crippen molar-refractivity contribution in [3.05, 3.63) is 12.4 Å². The van der Waals surface area contributed by atoms with Crippen molar-refractivity contribution in [2.24, 2.45) is 11.3 Å². The van der Waals surface area contributed by atoms with Crippen LogP contribution in [0.3, 0.4) is 0 Å². The summed E-state index contributed by atoms with van der Waals surface area (Å²) in [6, 6.07) is 0.617. The van der Waals surface area contributed by atoms with E-state index in [4.69, 9.17) is 0 Å². The third-order valence-corrected chi connectivity index (χ3v) is 3.91. The van der Waals surface area contributed by atoms with Crippen molar-refractivity contribution in [1.29, 1.82) is 0 Å². The first kappa shape index (κ1) is 13.4. The molecule has 0 radical (unpaired) electrons. The Morgan fingerprint density at radius 3 is 2.94 bits per heavy atom. The van der Waals surface area contributed by atoms with Crippen LogP contribution in [0.4, 0.5) is 5.95 Å². The van der Waals surface area contributed by atoms with Gasteiger partial charge in [0.2, 0.25) is 5.95 Å². The molecule has 1 fully saturated rings. The van der Waals surface area contributed by atoms with Crippen molar-refractivity contribution in [3.63, 3.8) is 0 Å². The number of rotatable bonds is 4. The molecule has 18 heavy (non-hydrogen) atoms. The van der Waals surface area contributed by atoms with Gasteiger partial charge in [0.25, 0.3) is 0 Å². The van der Waals surface area contributed by atoms with Crippen molar-refractivity contribution in [2.75, 3.05) is 11.9 Å². The largest absolute Gasteiger partial charge is 0.355 e. The molecule has 102 valence electrons. The molecule has 1 saturated carbocycles. The van der Waals surface area contributed by atoms with Crippen LogP contribution in [0.5, 0.6) is 0 Å². The summed E-state index contributed by atoms with van der Waals surface area (Å²) in [4.78, 5) is 4.46. The highest BCUT2D eigenvalue weighted by atomic mass is 15.2. The highest BCUT2D eigenvalue weighted by Crippen LogP contribution is 2.41. The summed E-state index contributed by atoms with van der Waals surface area (Å²) < 4.78 is 2.35. The summed E-state index contributed by atoms with van der Waals surface area (Å²) in [5.41, 5.74) is 0.475. The first-order valence-corrected chi connectivity index (χ1v) is 7.25. The molecule has 0 amide bonds. The third-order valence-electron chi connectivity index (χ3n) is 3.91. The fourth-order valence-electron chi connectivity index (χ4n) is 2.94. The van der Waals surface area contributed by atoms with Crippen molar-refractivity contribution >= 4 is 5.95 Å². The lowest BCUT2D eigenvalue weighted by molar-refractivity contribution is 0.184. The second-order valence-corrected chi connectivity index (χ2v) is 6.85. The van der Waals surface area contributed by atoms with E-state index in [2.05, 4.69) is 48.8 Å². The Morgan fingerprint density at radius 2 is 2.28 bits per heavy atom. The van der Waals surface area contributed by atoms with E-state index in [1.807, 2.05) is 6.20 Å². The normalized spacial score (nSPS) is 23.3. The lowest BCUT2D eigenvalue weighted by atomic mass is 9.75. The SMILES string of the molecule is CC(C)CNc1nccn1C1CCCC(C)(C)C1. The number of aromatic nitrogens is 2. The monoisotopic (exact) mass is 249 g/mol. The molecule has 0 spiro atoms. The Kier molecular flexibility index (Phi) is 3.98. The fourth-order valence-corrected chi connectivity index (χ4v) is 2.94. The zero-order valence-corrected chi connectivity index (χ0v) is 12.2. The Bertz CT molecular complexity index is 379. The van der Waals surface area contributed by atoms with Gasteiger partial charge in [0.1, 0.15) is 0 Å². The number of hydrogen-bond donors (Lipinski definition) is 1. The zero-order chi connectivity index (χ0) is 13.2. The summed E-state index contributed by atoms with van der Waals surface area (Å²) in [6.45, 7) is 10.2. The summed E-state index contributed by atoms with van der Waals surface area (Å²) in [5.74, 6) is 1.70. The van der Waals surface area contributed by atoms with Crippen LogP contribution in [0.1, 0.15) is 59.4 Å². The molecule has 1 heterocycles. The summed E-state index contributed by atoms with van der Waals surface area (Å²) in [7, 11) is 0. The first-order valence-electron chi connectivity index (χ1n) is 7.25. The fraction of sp³-hybridized carbons (Fsp3) is 0.800. The van der Waals surface area contributed by atoms with E-state index in [0.29, 0.717) is 17.4 Å². The third kappa shape index (κ3) is 3.27. The molecular weight excluding hydrogens is 222 g/mol. The van der Waals surface area contributed by atoms with Crippen LogP contribution in [0.25, 0.3) is 0 Å². The minimum absolute atomic E-state index is 0.475. The van der Waals surface area contributed by atoms with Gasteiger partial charge in [-0.1, -0.05) is 34.1 Å². The van der Waals surface area contributed by atoms with Crippen LogP contribution in [-0.2, 0) is 0 Å². The van der Waals surface area contributed by atoms with Gasteiger partial charge in [-0.15, -0.1) is 0 Å². The first-order chi connectivity index (χ1) is 8.48. The van der Waals surface area contributed by atoms with E-state index in [1.165, 1.54) is 25.7 Å². The van der Waals surface area contributed by atoms with Gasteiger partial charge >= 0.3 is 0 Å². The smallest absolute Gasteiger partial charge is 0.203 e. The molecule has 2 rings (SSSR count). The Hall–Kier alpha value is -0.990. The lowest BCUT2D eigenvalue weighted by Gasteiger charge is -2.36. The Labute approximate surface area is 111 Å². The molecule has 1 aromatic rings. The van der Waals surface area contributed by atoms with Gasteiger partial charge in [-0.05, 0) is 30.6 Å². The molecule has 1 N–H and O–H groups in total. The van der Waals surface area contributed by atoms with Crippen LogP contribution < -0.4 is 5.32 Å². The van der Waals surface area contributed by atoms with Gasteiger partial charge in [0.05, 0.1) is 0 Å². The molecule has 1 aliphatic carbocycles. The van der Waals surface area contributed by atoms with E-state index < -0.39 is 0 Å².